The lowest BCUT2D eigenvalue weighted by molar-refractivity contribution is -0.142. The van der Waals surface area contributed by atoms with Crippen LogP contribution in [-0.4, -0.2) is 57.8 Å². The molecule has 2 aromatic carbocycles. The second-order valence-corrected chi connectivity index (χ2v) is 9.77. The van der Waals surface area contributed by atoms with Crippen molar-refractivity contribution in [2.75, 3.05) is 32.1 Å². The second-order valence-electron chi connectivity index (χ2n) is 7.83. The van der Waals surface area contributed by atoms with Crippen LogP contribution in [0.25, 0.3) is 0 Å². The van der Waals surface area contributed by atoms with Gasteiger partial charge in [0.05, 0.1) is 12.0 Å². The van der Waals surface area contributed by atoms with Crippen LogP contribution in [0.15, 0.2) is 47.4 Å². The number of aldehydes is 1. The number of esters is 1. The summed E-state index contributed by atoms with van der Waals surface area (Å²) in [4.78, 5) is 34.2. The summed E-state index contributed by atoms with van der Waals surface area (Å²) >= 11 is 0. The first kappa shape index (κ1) is 26.1. The molecule has 1 aliphatic heterocycles. The van der Waals surface area contributed by atoms with Crippen LogP contribution in [-0.2, 0) is 30.9 Å². The van der Waals surface area contributed by atoms with E-state index < -0.39 is 27.8 Å². The molecule has 0 saturated carbocycles. The summed E-state index contributed by atoms with van der Waals surface area (Å²) in [6, 6.07) is 9.06. The Morgan fingerprint density at radius 3 is 2.43 bits per heavy atom. The largest absolute Gasteiger partial charge is 0.482 e. The van der Waals surface area contributed by atoms with Crippen molar-refractivity contribution < 1.29 is 36.7 Å². The predicted molar refractivity (Wildman–Crippen MR) is 124 cm³/mol. The number of piperidine rings is 1. The van der Waals surface area contributed by atoms with Crippen molar-refractivity contribution >= 4 is 34.0 Å². The number of amides is 2. The van der Waals surface area contributed by atoms with E-state index >= 15 is 0 Å². The maximum atomic E-state index is 14.2. The van der Waals surface area contributed by atoms with Gasteiger partial charge in [-0.05, 0) is 43.2 Å². The summed E-state index contributed by atoms with van der Waals surface area (Å²) in [5.41, 5.74) is 0.554. The SMILES string of the molecule is COC(=O)COc1ccc(CNC(=O)Nc2ccc(S(=O)(=O)N3CCC(C=O)CC3)cc2)c(F)c1. The third-order valence-corrected chi connectivity index (χ3v) is 7.40. The van der Waals surface area contributed by atoms with Gasteiger partial charge in [0.25, 0.3) is 0 Å². The number of carbonyl (C=O) groups excluding carboxylic acids is 3. The average Bonchev–Trinajstić information content (AvgIpc) is 2.87. The van der Waals surface area contributed by atoms with Gasteiger partial charge in [-0.1, -0.05) is 6.07 Å². The van der Waals surface area contributed by atoms with Gasteiger partial charge in [0.15, 0.2) is 6.61 Å². The fraction of sp³-hybridized carbons (Fsp3) is 0.348. The molecule has 2 aromatic rings. The van der Waals surface area contributed by atoms with Gasteiger partial charge in [-0.2, -0.15) is 4.31 Å². The van der Waals surface area contributed by atoms with Crippen molar-refractivity contribution in [1.29, 1.82) is 0 Å². The molecular formula is C23H26FN3O7S. The highest BCUT2D eigenvalue weighted by Gasteiger charge is 2.29. The Morgan fingerprint density at radius 1 is 1.14 bits per heavy atom. The van der Waals surface area contributed by atoms with Gasteiger partial charge < -0.3 is 24.9 Å². The first-order chi connectivity index (χ1) is 16.7. The Bertz CT molecular complexity index is 1160. The van der Waals surface area contributed by atoms with Crippen molar-refractivity contribution in [3.8, 4) is 5.75 Å². The Labute approximate surface area is 202 Å². The maximum Gasteiger partial charge on any atom is 0.343 e. The quantitative estimate of drug-likeness (QED) is 0.393. The number of halogens is 1. The van der Waals surface area contributed by atoms with Crippen LogP contribution < -0.4 is 15.4 Å². The van der Waals surface area contributed by atoms with E-state index in [4.69, 9.17) is 4.74 Å². The highest BCUT2D eigenvalue weighted by molar-refractivity contribution is 7.89. The van der Waals surface area contributed by atoms with E-state index in [1.165, 1.54) is 47.8 Å². The minimum atomic E-state index is -3.69. The normalized spacial score (nSPS) is 14.7. The third-order valence-electron chi connectivity index (χ3n) is 5.49. The third kappa shape index (κ3) is 6.99. The van der Waals surface area contributed by atoms with Gasteiger partial charge in [0.1, 0.15) is 17.9 Å². The highest BCUT2D eigenvalue weighted by atomic mass is 32.2. The fourth-order valence-electron chi connectivity index (χ4n) is 3.42. The lowest BCUT2D eigenvalue weighted by Crippen LogP contribution is -2.38. The molecule has 1 saturated heterocycles. The zero-order chi connectivity index (χ0) is 25.4. The summed E-state index contributed by atoms with van der Waals surface area (Å²) in [6.07, 6.45) is 1.85. The van der Waals surface area contributed by atoms with Gasteiger partial charge in [0, 0.05) is 42.9 Å². The minimum Gasteiger partial charge on any atom is -0.482 e. The number of hydrogen-bond donors (Lipinski definition) is 2. The van der Waals surface area contributed by atoms with Gasteiger partial charge in [0.2, 0.25) is 10.0 Å². The summed E-state index contributed by atoms with van der Waals surface area (Å²) in [5, 5.41) is 5.07. The molecule has 0 aromatic heterocycles. The summed E-state index contributed by atoms with van der Waals surface area (Å²) in [5.74, 6) is -1.20. The molecule has 10 nitrogen and oxygen atoms in total. The van der Waals surface area contributed by atoms with Gasteiger partial charge in [-0.25, -0.2) is 22.4 Å². The molecule has 2 N–H and O–H groups in total. The van der Waals surface area contributed by atoms with Crippen molar-refractivity contribution in [2.24, 2.45) is 5.92 Å². The van der Waals surface area contributed by atoms with Crippen LogP contribution in [0.3, 0.4) is 0 Å². The number of hydrogen-bond acceptors (Lipinski definition) is 7. The average molecular weight is 508 g/mol. The summed E-state index contributed by atoms with van der Waals surface area (Å²) < 4.78 is 50.7. The number of methoxy groups -OCH3 is 1. The molecule has 3 rings (SSSR count). The van der Waals surface area contributed by atoms with Crippen LogP contribution in [0.2, 0.25) is 0 Å². The number of benzene rings is 2. The van der Waals surface area contributed by atoms with Gasteiger partial charge in [-0.15, -0.1) is 0 Å². The molecule has 0 aliphatic carbocycles. The number of nitrogens with zero attached hydrogens (tertiary/aromatic N) is 1. The molecule has 0 atom stereocenters. The second kappa shape index (κ2) is 11.8. The number of nitrogens with one attached hydrogen (secondary N) is 2. The lowest BCUT2D eigenvalue weighted by atomic mass is 10.0. The molecule has 2 amide bonds. The highest BCUT2D eigenvalue weighted by Crippen LogP contribution is 2.24. The standard InChI is InChI=1S/C23H26FN3O7S/c1-33-22(29)15-34-19-5-2-17(21(24)12-19)13-25-23(30)26-18-3-6-20(7-4-18)35(31,32)27-10-8-16(14-28)9-11-27/h2-7,12,14,16H,8-11,13,15H2,1H3,(H2,25,26,30). The van der Waals surface area contributed by atoms with Crippen LogP contribution in [0.5, 0.6) is 5.75 Å². The smallest absolute Gasteiger partial charge is 0.343 e. The van der Waals surface area contributed by atoms with E-state index in [9.17, 15) is 27.2 Å². The van der Waals surface area contributed by atoms with Gasteiger partial charge in [-0.3, -0.25) is 0 Å². The number of ether oxygens (including phenoxy) is 2. The molecule has 1 aliphatic rings. The van der Waals surface area contributed by atoms with E-state index in [0.29, 0.717) is 18.5 Å². The molecule has 0 radical (unpaired) electrons. The number of carbonyl (C=O) groups is 3. The van der Waals surface area contributed by atoms with E-state index in [2.05, 4.69) is 15.4 Å². The van der Waals surface area contributed by atoms with E-state index in [0.717, 1.165) is 12.4 Å². The summed E-state index contributed by atoms with van der Waals surface area (Å²) in [7, 11) is -2.48. The molecule has 0 spiro atoms. The monoisotopic (exact) mass is 507 g/mol. The zero-order valence-electron chi connectivity index (χ0n) is 19.0. The number of anilines is 1. The number of sulfonamides is 1. The first-order valence-electron chi connectivity index (χ1n) is 10.8. The first-order valence-corrected chi connectivity index (χ1v) is 12.3. The van der Waals surface area contributed by atoms with Crippen LogP contribution in [0.1, 0.15) is 18.4 Å². The predicted octanol–water partition coefficient (Wildman–Crippen LogP) is 2.30. The summed E-state index contributed by atoms with van der Waals surface area (Å²) in [6.45, 7) is 0.0963. The lowest BCUT2D eigenvalue weighted by Gasteiger charge is -2.28. The van der Waals surface area contributed by atoms with Crippen molar-refractivity contribution in [3.63, 3.8) is 0 Å². The molecule has 12 heteroatoms. The van der Waals surface area contributed by atoms with Crippen LogP contribution in [0.4, 0.5) is 14.9 Å². The molecule has 188 valence electrons. The van der Waals surface area contributed by atoms with Crippen LogP contribution >= 0.6 is 0 Å². The van der Waals surface area contributed by atoms with E-state index in [-0.39, 0.29) is 48.4 Å². The van der Waals surface area contributed by atoms with Crippen molar-refractivity contribution in [3.05, 3.63) is 53.8 Å². The Balaban J connectivity index is 1.52. The molecule has 35 heavy (non-hydrogen) atoms. The molecule has 0 bridgehead atoms. The van der Waals surface area contributed by atoms with E-state index in [1.807, 2.05) is 0 Å². The Morgan fingerprint density at radius 2 is 1.83 bits per heavy atom. The minimum absolute atomic E-state index is 0.0876. The van der Waals surface area contributed by atoms with Crippen LogP contribution in [0, 0.1) is 11.7 Å². The number of urea groups is 1. The molecule has 1 fully saturated rings. The van der Waals surface area contributed by atoms with E-state index in [1.54, 1.807) is 0 Å². The zero-order valence-corrected chi connectivity index (χ0v) is 19.8. The molecule has 0 unspecified atom stereocenters. The Hall–Kier alpha value is -3.51. The molecule has 1 heterocycles. The van der Waals surface area contributed by atoms with Gasteiger partial charge >= 0.3 is 12.0 Å². The maximum absolute atomic E-state index is 14.2. The number of rotatable bonds is 9. The molecular weight excluding hydrogens is 481 g/mol. The topological polar surface area (TPSA) is 131 Å². The Kier molecular flexibility index (Phi) is 8.77. The fourth-order valence-corrected chi connectivity index (χ4v) is 4.89. The van der Waals surface area contributed by atoms with Crippen molar-refractivity contribution in [1.82, 2.24) is 9.62 Å². The van der Waals surface area contributed by atoms with Crippen molar-refractivity contribution in [2.45, 2.75) is 24.3 Å².